The van der Waals surface area contributed by atoms with Crippen LogP contribution in [-0.4, -0.2) is 28.2 Å². The van der Waals surface area contributed by atoms with Crippen LogP contribution in [0.1, 0.15) is 29.8 Å². The third-order valence-electron chi connectivity index (χ3n) is 4.92. The summed E-state index contributed by atoms with van der Waals surface area (Å²) in [5.74, 6) is 2.62. The van der Waals surface area contributed by atoms with Crippen LogP contribution < -0.4 is 19.9 Å². The van der Waals surface area contributed by atoms with Crippen LogP contribution in [0.4, 0.5) is 0 Å². The van der Waals surface area contributed by atoms with E-state index in [0.29, 0.717) is 35.4 Å². The third kappa shape index (κ3) is 2.49. The summed E-state index contributed by atoms with van der Waals surface area (Å²) in [4.78, 5) is 12.3. The predicted molar refractivity (Wildman–Crippen MR) is 98.5 cm³/mol. The van der Waals surface area contributed by atoms with Crippen molar-refractivity contribution >= 4 is 11.6 Å². The van der Waals surface area contributed by atoms with Crippen molar-refractivity contribution in [1.82, 2.24) is 14.8 Å². The number of ether oxygens (including phenoxy) is 3. The molecule has 27 heavy (non-hydrogen) atoms. The minimum absolute atomic E-state index is 0.0592. The number of benzene rings is 2. The summed E-state index contributed by atoms with van der Waals surface area (Å²) in [6.45, 7) is 2.63. The third-order valence-corrected chi connectivity index (χ3v) is 5.15. The van der Waals surface area contributed by atoms with Crippen molar-refractivity contribution in [2.24, 2.45) is 0 Å². The van der Waals surface area contributed by atoms with E-state index in [0.717, 1.165) is 22.6 Å². The topological polar surface area (TPSA) is 78.4 Å². The fourth-order valence-electron chi connectivity index (χ4n) is 3.78. The van der Waals surface area contributed by atoms with E-state index in [2.05, 4.69) is 10.2 Å². The van der Waals surface area contributed by atoms with Crippen molar-refractivity contribution in [1.29, 1.82) is 0 Å². The molecule has 1 atom stereocenters. The van der Waals surface area contributed by atoms with Crippen molar-refractivity contribution < 1.29 is 14.2 Å². The molecule has 2 aliphatic rings. The second-order valence-corrected chi connectivity index (χ2v) is 6.85. The quantitative estimate of drug-likeness (QED) is 0.749. The zero-order valence-corrected chi connectivity index (χ0v) is 15.2. The van der Waals surface area contributed by atoms with Crippen molar-refractivity contribution in [3.05, 3.63) is 62.8 Å². The lowest BCUT2D eigenvalue weighted by Crippen LogP contribution is -2.25. The van der Waals surface area contributed by atoms with E-state index in [9.17, 15) is 4.79 Å². The first-order chi connectivity index (χ1) is 13.2. The Hall–Kier alpha value is -2.93. The van der Waals surface area contributed by atoms with Crippen LogP contribution in [0.15, 0.2) is 35.1 Å². The molecule has 0 radical (unpaired) electrons. The minimum Gasteiger partial charge on any atom is -0.494 e. The second kappa shape index (κ2) is 6.06. The molecule has 138 valence electrons. The number of aromatic amines is 1. The summed E-state index contributed by atoms with van der Waals surface area (Å²) in [5.41, 5.74) is 2.41. The first-order valence-corrected chi connectivity index (χ1v) is 9.06. The van der Waals surface area contributed by atoms with Crippen LogP contribution in [0.3, 0.4) is 0 Å². The Morgan fingerprint density at radius 1 is 1.26 bits per heavy atom. The lowest BCUT2D eigenvalue weighted by molar-refractivity contribution is 0.174. The van der Waals surface area contributed by atoms with Crippen molar-refractivity contribution in [3.8, 4) is 22.9 Å². The Kier molecular flexibility index (Phi) is 3.65. The molecule has 5 rings (SSSR count). The molecule has 2 aromatic carbocycles. The highest BCUT2D eigenvalue weighted by molar-refractivity contribution is 6.30. The lowest BCUT2D eigenvalue weighted by atomic mass is 9.84. The van der Waals surface area contributed by atoms with Gasteiger partial charge in [0.15, 0.2) is 11.5 Å². The second-order valence-electron chi connectivity index (χ2n) is 6.42. The van der Waals surface area contributed by atoms with Gasteiger partial charge >= 0.3 is 5.69 Å². The Labute approximate surface area is 159 Å². The maximum Gasteiger partial charge on any atom is 0.347 e. The van der Waals surface area contributed by atoms with Gasteiger partial charge in [-0.05, 0) is 30.7 Å². The number of aromatic nitrogens is 3. The number of rotatable bonds is 3. The van der Waals surface area contributed by atoms with Crippen LogP contribution >= 0.6 is 11.6 Å². The molecule has 2 aliphatic heterocycles. The van der Waals surface area contributed by atoms with Gasteiger partial charge in [-0.1, -0.05) is 17.7 Å². The molecule has 1 aromatic heterocycles. The monoisotopic (exact) mass is 385 g/mol. The minimum atomic E-state index is -0.273. The number of halogens is 1. The van der Waals surface area contributed by atoms with Crippen molar-refractivity contribution in [3.63, 3.8) is 0 Å². The highest BCUT2D eigenvalue weighted by atomic mass is 35.5. The van der Waals surface area contributed by atoms with Gasteiger partial charge in [0, 0.05) is 29.0 Å². The number of hydrogen-bond donors (Lipinski definition) is 1. The first-order valence-electron chi connectivity index (χ1n) is 8.68. The molecule has 0 bridgehead atoms. The van der Waals surface area contributed by atoms with E-state index in [1.54, 1.807) is 4.57 Å². The maximum atomic E-state index is 12.3. The van der Waals surface area contributed by atoms with Gasteiger partial charge in [0.1, 0.15) is 11.6 Å². The summed E-state index contributed by atoms with van der Waals surface area (Å²) in [5, 5.41) is 7.36. The van der Waals surface area contributed by atoms with Gasteiger partial charge in [0.05, 0.1) is 12.3 Å². The van der Waals surface area contributed by atoms with E-state index in [-0.39, 0.29) is 18.4 Å². The molecule has 8 heteroatoms. The van der Waals surface area contributed by atoms with Gasteiger partial charge < -0.3 is 14.2 Å². The highest BCUT2D eigenvalue weighted by Crippen LogP contribution is 2.45. The zero-order chi connectivity index (χ0) is 18.5. The molecule has 0 saturated carbocycles. The molecule has 7 nitrogen and oxygen atoms in total. The number of H-pyrrole nitrogens is 1. The molecular formula is C19H16ClN3O4. The standard InChI is InChI=1S/C19H16ClN3O4/c1-2-25-15-5-10(20)3-4-11(15)12-7-18-21-22-19(24)23(18)14-8-17-16(6-13(12)14)26-9-27-17/h3-6,8,12H,2,7,9H2,1H3,(H,22,24). The largest absolute Gasteiger partial charge is 0.494 e. The van der Waals surface area contributed by atoms with E-state index in [4.69, 9.17) is 25.8 Å². The van der Waals surface area contributed by atoms with E-state index in [1.807, 2.05) is 37.3 Å². The Morgan fingerprint density at radius 3 is 2.89 bits per heavy atom. The predicted octanol–water partition coefficient (Wildman–Crippen LogP) is 3.03. The molecular weight excluding hydrogens is 370 g/mol. The average Bonchev–Trinajstić information content (AvgIpc) is 3.26. The molecule has 3 heterocycles. The summed E-state index contributed by atoms with van der Waals surface area (Å²) in [7, 11) is 0. The molecule has 0 aliphatic carbocycles. The number of nitrogens with one attached hydrogen (secondary N) is 1. The Morgan fingerprint density at radius 2 is 2.07 bits per heavy atom. The molecule has 1 N–H and O–H groups in total. The highest BCUT2D eigenvalue weighted by Gasteiger charge is 2.33. The SMILES string of the molecule is CCOc1cc(Cl)ccc1C1Cc2n[nH]c(=O)n2-c2cc3c(cc21)OCO3. The van der Waals surface area contributed by atoms with E-state index in [1.165, 1.54) is 0 Å². The van der Waals surface area contributed by atoms with Crippen LogP contribution in [0.2, 0.25) is 5.02 Å². The van der Waals surface area contributed by atoms with E-state index < -0.39 is 0 Å². The first kappa shape index (κ1) is 16.3. The number of nitrogens with zero attached hydrogens (tertiary/aromatic N) is 2. The molecule has 0 fully saturated rings. The van der Waals surface area contributed by atoms with Crippen LogP contribution in [0.5, 0.6) is 17.2 Å². The van der Waals surface area contributed by atoms with Gasteiger partial charge in [-0.15, -0.1) is 0 Å². The van der Waals surface area contributed by atoms with Crippen molar-refractivity contribution in [2.45, 2.75) is 19.3 Å². The number of fused-ring (bicyclic) bond motifs is 4. The molecule has 0 amide bonds. The maximum absolute atomic E-state index is 12.3. The van der Waals surface area contributed by atoms with Gasteiger partial charge in [-0.3, -0.25) is 0 Å². The average molecular weight is 386 g/mol. The summed E-state index contributed by atoms with van der Waals surface area (Å²) in [6.07, 6.45) is 0.549. The van der Waals surface area contributed by atoms with Crippen LogP contribution in [-0.2, 0) is 6.42 Å². The van der Waals surface area contributed by atoms with Crippen molar-refractivity contribution in [2.75, 3.05) is 13.4 Å². The number of hydrogen-bond acceptors (Lipinski definition) is 5. The van der Waals surface area contributed by atoms with E-state index >= 15 is 0 Å². The van der Waals surface area contributed by atoms with Gasteiger partial charge in [0.2, 0.25) is 6.79 Å². The molecule has 1 unspecified atom stereocenters. The van der Waals surface area contributed by atoms with Crippen LogP contribution in [0, 0.1) is 0 Å². The Balaban J connectivity index is 1.74. The van der Waals surface area contributed by atoms with Gasteiger partial charge in [0.25, 0.3) is 0 Å². The Bertz CT molecular complexity index is 1100. The smallest absolute Gasteiger partial charge is 0.347 e. The lowest BCUT2D eigenvalue weighted by Gasteiger charge is -2.27. The summed E-state index contributed by atoms with van der Waals surface area (Å²) < 4.78 is 18.5. The fourth-order valence-corrected chi connectivity index (χ4v) is 3.94. The molecule has 0 spiro atoms. The molecule has 0 saturated heterocycles. The van der Waals surface area contributed by atoms with Gasteiger partial charge in [-0.2, -0.15) is 5.10 Å². The summed E-state index contributed by atoms with van der Waals surface area (Å²) >= 11 is 6.17. The fraction of sp³-hybridized carbons (Fsp3) is 0.263. The van der Waals surface area contributed by atoms with Gasteiger partial charge in [-0.25, -0.2) is 14.5 Å². The zero-order valence-electron chi connectivity index (χ0n) is 14.5. The summed E-state index contributed by atoms with van der Waals surface area (Å²) in [6, 6.07) is 9.40. The normalized spacial score (nSPS) is 16.7. The van der Waals surface area contributed by atoms with Crippen LogP contribution in [0.25, 0.3) is 5.69 Å². The molecule has 3 aromatic rings.